The third kappa shape index (κ3) is 5.49. The van der Waals surface area contributed by atoms with E-state index in [0.29, 0.717) is 12.6 Å². The van der Waals surface area contributed by atoms with E-state index in [9.17, 15) is 5.11 Å². The first kappa shape index (κ1) is 17.2. The molecule has 0 radical (unpaired) electrons. The van der Waals surface area contributed by atoms with Crippen LogP contribution >= 0.6 is 0 Å². The number of rotatable bonds is 8. The van der Waals surface area contributed by atoms with Gasteiger partial charge in [0, 0.05) is 32.3 Å². The van der Waals surface area contributed by atoms with Crippen LogP contribution in [0.25, 0.3) is 0 Å². The smallest absolute Gasteiger partial charge is 0.0900 e. The molecular formula is C16H32N2O3. The van der Waals surface area contributed by atoms with Crippen molar-refractivity contribution in [2.45, 2.75) is 51.4 Å². The lowest BCUT2D eigenvalue weighted by Gasteiger charge is -2.27. The van der Waals surface area contributed by atoms with Crippen LogP contribution in [0.1, 0.15) is 33.1 Å². The number of hydrogen-bond acceptors (Lipinski definition) is 5. The van der Waals surface area contributed by atoms with Gasteiger partial charge in [-0.2, -0.15) is 0 Å². The van der Waals surface area contributed by atoms with Gasteiger partial charge < -0.3 is 14.6 Å². The van der Waals surface area contributed by atoms with E-state index in [4.69, 9.17) is 9.47 Å². The summed E-state index contributed by atoms with van der Waals surface area (Å²) < 4.78 is 11.1. The number of ether oxygens (including phenoxy) is 2. The summed E-state index contributed by atoms with van der Waals surface area (Å²) in [6, 6.07) is 0.656. The minimum atomic E-state index is -0.372. The van der Waals surface area contributed by atoms with Gasteiger partial charge >= 0.3 is 0 Å². The first-order valence-electron chi connectivity index (χ1n) is 8.56. The topological polar surface area (TPSA) is 45.2 Å². The molecule has 0 aromatic rings. The summed E-state index contributed by atoms with van der Waals surface area (Å²) in [5, 5.41) is 10.2. The lowest BCUT2D eigenvalue weighted by atomic mass is 10.1. The van der Waals surface area contributed by atoms with Gasteiger partial charge in [0.25, 0.3) is 0 Å². The Kier molecular flexibility index (Phi) is 7.40. The number of aliphatic hydroxyl groups excluding tert-OH is 1. The van der Waals surface area contributed by atoms with E-state index >= 15 is 0 Å². The van der Waals surface area contributed by atoms with Crippen molar-refractivity contribution in [2.24, 2.45) is 0 Å². The summed E-state index contributed by atoms with van der Waals surface area (Å²) in [5.74, 6) is 0. The molecule has 0 aromatic carbocycles. The molecular weight excluding hydrogens is 268 g/mol. The van der Waals surface area contributed by atoms with Crippen molar-refractivity contribution in [1.82, 2.24) is 9.80 Å². The zero-order valence-electron chi connectivity index (χ0n) is 13.7. The molecule has 124 valence electrons. The summed E-state index contributed by atoms with van der Waals surface area (Å²) in [6.07, 6.45) is 3.04. The average Bonchev–Trinajstić information content (AvgIpc) is 2.96. The van der Waals surface area contributed by atoms with Gasteiger partial charge in [-0.25, -0.2) is 0 Å². The monoisotopic (exact) mass is 300 g/mol. The first-order chi connectivity index (χ1) is 10.2. The van der Waals surface area contributed by atoms with Crippen LogP contribution in [0.2, 0.25) is 0 Å². The molecule has 2 aliphatic rings. The number of aliphatic hydroxyl groups is 1. The predicted molar refractivity (Wildman–Crippen MR) is 83.6 cm³/mol. The van der Waals surface area contributed by atoms with Crippen LogP contribution in [-0.2, 0) is 9.47 Å². The molecule has 21 heavy (non-hydrogen) atoms. The summed E-state index contributed by atoms with van der Waals surface area (Å²) in [5.41, 5.74) is 0. The lowest BCUT2D eigenvalue weighted by Crippen LogP contribution is -2.40. The van der Waals surface area contributed by atoms with Crippen molar-refractivity contribution < 1.29 is 14.6 Å². The van der Waals surface area contributed by atoms with Crippen LogP contribution in [0.4, 0.5) is 0 Å². The summed E-state index contributed by atoms with van der Waals surface area (Å²) in [4.78, 5) is 4.89. The zero-order valence-corrected chi connectivity index (χ0v) is 13.7. The molecule has 5 heteroatoms. The van der Waals surface area contributed by atoms with Gasteiger partial charge in [0.15, 0.2) is 0 Å². The van der Waals surface area contributed by atoms with Crippen molar-refractivity contribution in [1.29, 1.82) is 0 Å². The Balaban J connectivity index is 1.63. The van der Waals surface area contributed by atoms with Crippen LogP contribution in [0.5, 0.6) is 0 Å². The molecule has 0 aliphatic carbocycles. The van der Waals surface area contributed by atoms with Gasteiger partial charge in [0.2, 0.25) is 0 Å². The van der Waals surface area contributed by atoms with E-state index in [2.05, 4.69) is 23.6 Å². The van der Waals surface area contributed by atoms with E-state index in [1.807, 2.05) is 0 Å². The molecule has 5 nitrogen and oxygen atoms in total. The second-order valence-corrected chi connectivity index (χ2v) is 6.22. The minimum absolute atomic E-state index is 0.274. The molecule has 0 bridgehead atoms. The fourth-order valence-electron chi connectivity index (χ4n) is 3.46. The van der Waals surface area contributed by atoms with E-state index in [0.717, 1.165) is 58.8 Å². The number of β-amino-alcohol motifs (C(OH)–C–C–N with tert-alkyl or cyclic N) is 1. The van der Waals surface area contributed by atoms with Crippen molar-refractivity contribution >= 4 is 0 Å². The first-order valence-corrected chi connectivity index (χ1v) is 8.56. The highest BCUT2D eigenvalue weighted by Gasteiger charge is 2.27. The van der Waals surface area contributed by atoms with Crippen molar-refractivity contribution in [3.05, 3.63) is 0 Å². The molecule has 2 rings (SSSR count). The second kappa shape index (κ2) is 9.06. The number of nitrogens with zero attached hydrogens (tertiary/aromatic N) is 2. The van der Waals surface area contributed by atoms with E-state index in [1.54, 1.807) is 0 Å². The van der Waals surface area contributed by atoms with Crippen molar-refractivity contribution in [2.75, 3.05) is 52.5 Å². The molecule has 2 atom stereocenters. The predicted octanol–water partition coefficient (Wildman–Crippen LogP) is 0.959. The van der Waals surface area contributed by atoms with Gasteiger partial charge in [-0.1, -0.05) is 13.8 Å². The Bertz CT molecular complexity index is 281. The number of likely N-dealkylation sites (tertiary alicyclic amines) is 1. The molecule has 2 heterocycles. The number of hydrogen-bond donors (Lipinski definition) is 1. The third-order valence-corrected chi connectivity index (χ3v) is 4.74. The SMILES string of the molecule is CCN(CC)C1CCN(CC(O)COC2CCOCC2)C1. The Morgan fingerprint density at radius 3 is 2.62 bits per heavy atom. The van der Waals surface area contributed by atoms with Gasteiger partial charge in [0.05, 0.1) is 18.8 Å². The van der Waals surface area contributed by atoms with Crippen LogP contribution in [-0.4, -0.2) is 85.7 Å². The molecule has 0 aromatic heterocycles. The molecule has 0 spiro atoms. The maximum Gasteiger partial charge on any atom is 0.0900 e. The zero-order chi connectivity index (χ0) is 15.1. The number of likely N-dealkylation sites (N-methyl/N-ethyl adjacent to an activating group) is 1. The van der Waals surface area contributed by atoms with Crippen molar-refractivity contribution in [3.63, 3.8) is 0 Å². The van der Waals surface area contributed by atoms with Gasteiger partial charge in [-0.3, -0.25) is 9.80 Å². The quantitative estimate of drug-likeness (QED) is 0.723. The molecule has 1 N–H and O–H groups in total. The molecule has 2 fully saturated rings. The minimum Gasteiger partial charge on any atom is -0.389 e. The molecule has 0 amide bonds. The Morgan fingerprint density at radius 2 is 1.95 bits per heavy atom. The van der Waals surface area contributed by atoms with Gasteiger partial charge in [-0.05, 0) is 38.9 Å². The van der Waals surface area contributed by atoms with Gasteiger partial charge in [0.1, 0.15) is 0 Å². The van der Waals surface area contributed by atoms with Crippen LogP contribution in [0, 0.1) is 0 Å². The second-order valence-electron chi connectivity index (χ2n) is 6.22. The van der Waals surface area contributed by atoms with E-state index in [-0.39, 0.29) is 12.2 Å². The Hall–Kier alpha value is -0.200. The van der Waals surface area contributed by atoms with Gasteiger partial charge in [-0.15, -0.1) is 0 Å². The fraction of sp³-hybridized carbons (Fsp3) is 1.00. The van der Waals surface area contributed by atoms with Crippen LogP contribution < -0.4 is 0 Å². The Morgan fingerprint density at radius 1 is 1.24 bits per heavy atom. The highest BCUT2D eigenvalue weighted by atomic mass is 16.5. The van der Waals surface area contributed by atoms with E-state index in [1.165, 1.54) is 6.42 Å². The molecule has 0 saturated carbocycles. The standard InChI is InChI=1S/C16H32N2O3/c1-3-18(4-2)14-5-8-17(11-14)12-15(19)13-21-16-6-9-20-10-7-16/h14-16,19H,3-13H2,1-2H3. The molecule has 2 saturated heterocycles. The molecule has 2 aliphatic heterocycles. The van der Waals surface area contributed by atoms with Crippen LogP contribution in [0.3, 0.4) is 0 Å². The highest BCUT2D eigenvalue weighted by Crippen LogP contribution is 2.16. The third-order valence-electron chi connectivity index (χ3n) is 4.74. The molecule has 2 unspecified atom stereocenters. The van der Waals surface area contributed by atoms with Crippen molar-refractivity contribution in [3.8, 4) is 0 Å². The summed E-state index contributed by atoms with van der Waals surface area (Å²) in [6.45, 7) is 11.6. The lowest BCUT2D eigenvalue weighted by molar-refractivity contribution is -0.0634. The summed E-state index contributed by atoms with van der Waals surface area (Å²) >= 11 is 0. The Labute approximate surface area is 129 Å². The fourth-order valence-corrected chi connectivity index (χ4v) is 3.46. The maximum absolute atomic E-state index is 10.2. The largest absolute Gasteiger partial charge is 0.389 e. The highest BCUT2D eigenvalue weighted by molar-refractivity contribution is 4.83. The van der Waals surface area contributed by atoms with Crippen LogP contribution in [0.15, 0.2) is 0 Å². The average molecular weight is 300 g/mol. The summed E-state index contributed by atoms with van der Waals surface area (Å²) in [7, 11) is 0. The normalized spacial score (nSPS) is 26.6. The van der Waals surface area contributed by atoms with E-state index < -0.39 is 0 Å². The maximum atomic E-state index is 10.2.